The molecule has 6 heteroatoms. The van der Waals surface area contributed by atoms with Crippen LogP contribution in [0.25, 0.3) is 0 Å². The van der Waals surface area contributed by atoms with Gasteiger partial charge in [0, 0.05) is 31.9 Å². The Morgan fingerprint density at radius 2 is 1.69 bits per heavy atom. The lowest BCUT2D eigenvalue weighted by atomic mass is 9.96. The fraction of sp³-hybridized carbons (Fsp3) is 0.350. The third-order valence-electron chi connectivity index (χ3n) is 4.74. The van der Waals surface area contributed by atoms with Crippen LogP contribution in [0.5, 0.6) is 0 Å². The highest BCUT2D eigenvalue weighted by Gasteiger charge is 2.24. The molecule has 3 N–H and O–H groups in total. The quantitative estimate of drug-likeness (QED) is 0.651. The lowest BCUT2D eigenvalue weighted by molar-refractivity contribution is 0.0670. The SMILES string of the molecule is CC(O)(CN=C(N)N1CCN(c2ccc(F)cc2)CC1)c1ccccc1. The van der Waals surface area contributed by atoms with Gasteiger partial charge < -0.3 is 20.6 Å². The number of aliphatic hydroxyl groups is 1. The number of nitrogens with zero attached hydrogens (tertiary/aromatic N) is 3. The number of anilines is 1. The summed E-state index contributed by atoms with van der Waals surface area (Å²) < 4.78 is 13.0. The Morgan fingerprint density at radius 1 is 1.08 bits per heavy atom. The summed E-state index contributed by atoms with van der Waals surface area (Å²) in [6.07, 6.45) is 0. The van der Waals surface area contributed by atoms with Gasteiger partial charge in [0.1, 0.15) is 11.4 Å². The average Bonchev–Trinajstić information content (AvgIpc) is 2.68. The highest BCUT2D eigenvalue weighted by molar-refractivity contribution is 5.78. The molecule has 1 saturated heterocycles. The lowest BCUT2D eigenvalue weighted by Gasteiger charge is -2.36. The van der Waals surface area contributed by atoms with E-state index in [1.165, 1.54) is 12.1 Å². The Balaban J connectivity index is 1.57. The van der Waals surface area contributed by atoms with E-state index in [-0.39, 0.29) is 12.4 Å². The van der Waals surface area contributed by atoms with Gasteiger partial charge in [-0.05, 0) is 36.8 Å². The Kier molecular flexibility index (Phi) is 5.42. The molecule has 0 amide bonds. The van der Waals surface area contributed by atoms with Gasteiger partial charge >= 0.3 is 0 Å². The number of nitrogens with two attached hydrogens (primary N) is 1. The largest absolute Gasteiger partial charge is 0.384 e. The molecule has 1 fully saturated rings. The second-order valence-corrected chi connectivity index (χ2v) is 6.76. The molecule has 0 spiro atoms. The van der Waals surface area contributed by atoms with Crippen LogP contribution in [0.3, 0.4) is 0 Å². The predicted octanol–water partition coefficient (Wildman–Crippen LogP) is 2.17. The van der Waals surface area contributed by atoms with Crippen molar-refractivity contribution in [3.8, 4) is 0 Å². The monoisotopic (exact) mass is 356 g/mol. The lowest BCUT2D eigenvalue weighted by Crippen LogP contribution is -2.51. The molecule has 1 aliphatic rings. The zero-order chi connectivity index (χ0) is 18.6. The van der Waals surface area contributed by atoms with Gasteiger partial charge in [-0.3, -0.25) is 0 Å². The van der Waals surface area contributed by atoms with E-state index in [4.69, 9.17) is 5.73 Å². The normalized spacial score (nSPS) is 17.9. The number of benzene rings is 2. The summed E-state index contributed by atoms with van der Waals surface area (Å²) in [5.41, 5.74) is 6.91. The molecule has 0 aliphatic carbocycles. The Bertz CT molecular complexity index is 738. The van der Waals surface area contributed by atoms with Crippen LogP contribution in [0.1, 0.15) is 12.5 Å². The zero-order valence-electron chi connectivity index (χ0n) is 15.0. The standard InChI is InChI=1S/C20H25FN4O/c1-20(26,16-5-3-2-4-6-16)15-23-19(22)25-13-11-24(12-14-25)18-9-7-17(21)8-10-18/h2-10,26H,11-15H2,1H3,(H2,22,23). The van der Waals surface area contributed by atoms with Gasteiger partial charge in [-0.1, -0.05) is 30.3 Å². The van der Waals surface area contributed by atoms with Gasteiger partial charge in [-0.25, -0.2) is 9.38 Å². The molecule has 138 valence electrons. The van der Waals surface area contributed by atoms with Crippen LogP contribution in [-0.4, -0.2) is 48.7 Å². The van der Waals surface area contributed by atoms with E-state index < -0.39 is 5.60 Å². The Morgan fingerprint density at radius 3 is 2.31 bits per heavy atom. The van der Waals surface area contributed by atoms with Crippen molar-refractivity contribution >= 4 is 11.6 Å². The highest BCUT2D eigenvalue weighted by atomic mass is 19.1. The summed E-state index contributed by atoms with van der Waals surface area (Å²) in [5, 5.41) is 10.6. The smallest absolute Gasteiger partial charge is 0.191 e. The summed E-state index contributed by atoms with van der Waals surface area (Å²) in [6, 6.07) is 16.0. The summed E-state index contributed by atoms with van der Waals surface area (Å²) in [5.74, 6) is 0.217. The van der Waals surface area contributed by atoms with E-state index >= 15 is 0 Å². The van der Waals surface area contributed by atoms with E-state index in [9.17, 15) is 9.50 Å². The van der Waals surface area contributed by atoms with Crippen LogP contribution in [0.4, 0.5) is 10.1 Å². The minimum Gasteiger partial charge on any atom is -0.384 e. The van der Waals surface area contributed by atoms with Gasteiger partial charge in [0.2, 0.25) is 0 Å². The van der Waals surface area contributed by atoms with Crippen molar-refractivity contribution < 1.29 is 9.50 Å². The van der Waals surface area contributed by atoms with E-state index in [1.807, 2.05) is 35.2 Å². The Hall–Kier alpha value is -2.60. The molecule has 1 heterocycles. The number of halogens is 1. The van der Waals surface area contributed by atoms with E-state index in [0.717, 1.165) is 37.4 Å². The summed E-state index contributed by atoms with van der Waals surface area (Å²) in [6.45, 7) is 5.00. The number of hydrogen-bond acceptors (Lipinski definition) is 3. The summed E-state index contributed by atoms with van der Waals surface area (Å²) >= 11 is 0. The summed E-state index contributed by atoms with van der Waals surface area (Å²) in [7, 11) is 0. The van der Waals surface area contributed by atoms with Crippen LogP contribution in [0.2, 0.25) is 0 Å². The molecule has 3 rings (SSSR count). The van der Waals surface area contributed by atoms with E-state index in [2.05, 4.69) is 9.89 Å². The van der Waals surface area contributed by atoms with Crippen molar-refractivity contribution in [3.05, 3.63) is 66.0 Å². The number of rotatable bonds is 4. The third kappa shape index (κ3) is 4.32. The maximum Gasteiger partial charge on any atom is 0.191 e. The third-order valence-corrected chi connectivity index (χ3v) is 4.74. The number of aliphatic imine (C=N–C) groups is 1. The fourth-order valence-corrected chi connectivity index (χ4v) is 3.07. The summed E-state index contributed by atoms with van der Waals surface area (Å²) in [4.78, 5) is 8.62. The van der Waals surface area contributed by atoms with Crippen LogP contribution < -0.4 is 10.6 Å². The molecule has 2 aromatic carbocycles. The minimum absolute atomic E-state index is 0.209. The van der Waals surface area contributed by atoms with Gasteiger partial charge in [0.25, 0.3) is 0 Å². The zero-order valence-corrected chi connectivity index (χ0v) is 15.0. The molecule has 0 bridgehead atoms. The van der Waals surface area contributed by atoms with Crippen LogP contribution in [0.15, 0.2) is 59.6 Å². The van der Waals surface area contributed by atoms with Crippen molar-refractivity contribution in [2.45, 2.75) is 12.5 Å². The molecule has 0 aromatic heterocycles. The molecular formula is C20H25FN4O. The van der Waals surface area contributed by atoms with E-state index in [0.29, 0.717) is 5.96 Å². The molecule has 26 heavy (non-hydrogen) atoms. The van der Waals surface area contributed by atoms with Gasteiger partial charge in [-0.15, -0.1) is 0 Å². The maximum atomic E-state index is 13.0. The maximum absolute atomic E-state index is 13.0. The van der Waals surface area contributed by atoms with Crippen molar-refractivity contribution in [2.24, 2.45) is 10.7 Å². The van der Waals surface area contributed by atoms with Gasteiger partial charge in [0.05, 0.1) is 6.54 Å². The first kappa shape index (κ1) is 18.2. The van der Waals surface area contributed by atoms with Crippen molar-refractivity contribution in [3.63, 3.8) is 0 Å². The molecule has 0 saturated carbocycles. The fourth-order valence-electron chi connectivity index (χ4n) is 3.07. The Labute approximate surface area is 153 Å². The predicted molar refractivity (Wildman–Crippen MR) is 103 cm³/mol. The van der Waals surface area contributed by atoms with Gasteiger partial charge in [0.15, 0.2) is 5.96 Å². The van der Waals surface area contributed by atoms with Crippen molar-refractivity contribution in [1.82, 2.24) is 4.90 Å². The minimum atomic E-state index is -1.05. The average molecular weight is 356 g/mol. The highest BCUT2D eigenvalue weighted by Crippen LogP contribution is 2.21. The van der Waals surface area contributed by atoms with E-state index in [1.54, 1.807) is 19.1 Å². The van der Waals surface area contributed by atoms with Crippen LogP contribution >= 0.6 is 0 Å². The van der Waals surface area contributed by atoms with Crippen molar-refractivity contribution in [1.29, 1.82) is 0 Å². The molecule has 5 nitrogen and oxygen atoms in total. The van der Waals surface area contributed by atoms with Gasteiger partial charge in [-0.2, -0.15) is 0 Å². The first-order chi connectivity index (χ1) is 12.5. The molecule has 2 aromatic rings. The number of guanidine groups is 1. The van der Waals surface area contributed by atoms with Crippen molar-refractivity contribution in [2.75, 3.05) is 37.6 Å². The first-order valence-corrected chi connectivity index (χ1v) is 8.79. The molecule has 1 unspecified atom stereocenters. The second kappa shape index (κ2) is 7.74. The van der Waals surface area contributed by atoms with Crippen LogP contribution in [-0.2, 0) is 5.60 Å². The molecular weight excluding hydrogens is 331 g/mol. The van der Waals surface area contributed by atoms with Crippen LogP contribution in [0, 0.1) is 5.82 Å². The number of hydrogen-bond donors (Lipinski definition) is 2. The molecule has 1 aliphatic heterocycles. The first-order valence-electron chi connectivity index (χ1n) is 8.79. The number of piperazine rings is 1. The molecule has 1 atom stereocenters. The topological polar surface area (TPSA) is 65.1 Å². The second-order valence-electron chi connectivity index (χ2n) is 6.76. The molecule has 0 radical (unpaired) electrons.